The van der Waals surface area contributed by atoms with Gasteiger partial charge in [-0.25, -0.2) is 0 Å². The predicted molar refractivity (Wildman–Crippen MR) is 98.8 cm³/mol. The van der Waals surface area contributed by atoms with Crippen LogP contribution >= 0.6 is 0 Å². The van der Waals surface area contributed by atoms with E-state index in [1.165, 1.54) is 0 Å². The highest BCUT2D eigenvalue weighted by Crippen LogP contribution is 2.04. The number of piperazine rings is 1. The predicted octanol–water partition coefficient (Wildman–Crippen LogP) is -0.854. The largest absolute Gasteiger partial charge is 0.355 e. The molecule has 2 unspecified atom stereocenters. The summed E-state index contributed by atoms with van der Waals surface area (Å²) < 4.78 is 0. The highest BCUT2D eigenvalue weighted by atomic mass is 16.2. The molecule has 0 aromatic heterocycles. The van der Waals surface area contributed by atoms with Gasteiger partial charge in [-0.3, -0.25) is 14.4 Å². The lowest BCUT2D eigenvalue weighted by Gasteiger charge is -2.28. The molecule has 1 aliphatic rings. The molecule has 152 valence electrons. The Bertz CT molecular complexity index is 512. The number of rotatable bonds is 14. The molecule has 1 heterocycles. The van der Waals surface area contributed by atoms with E-state index in [9.17, 15) is 24.0 Å². The topological polar surface area (TPSA) is 125 Å². The van der Waals surface area contributed by atoms with Crippen molar-refractivity contribution in [1.82, 2.24) is 20.9 Å². The first-order valence-corrected chi connectivity index (χ1v) is 9.48. The van der Waals surface area contributed by atoms with E-state index in [0.29, 0.717) is 45.4 Å². The minimum Gasteiger partial charge on any atom is -0.355 e. The van der Waals surface area contributed by atoms with Crippen molar-refractivity contribution in [2.45, 2.75) is 57.5 Å². The van der Waals surface area contributed by atoms with Gasteiger partial charge in [0, 0.05) is 25.9 Å². The van der Waals surface area contributed by atoms with Gasteiger partial charge in [0.25, 0.3) is 0 Å². The van der Waals surface area contributed by atoms with Crippen LogP contribution in [0.4, 0.5) is 0 Å². The number of aldehydes is 2. The van der Waals surface area contributed by atoms with Crippen LogP contribution in [0.1, 0.15) is 45.4 Å². The number of amides is 3. The minimum absolute atomic E-state index is 0.107. The van der Waals surface area contributed by atoms with Crippen molar-refractivity contribution in [2.24, 2.45) is 0 Å². The Morgan fingerprint density at radius 2 is 1.56 bits per heavy atom. The van der Waals surface area contributed by atoms with Crippen LogP contribution in [-0.4, -0.2) is 73.5 Å². The molecule has 0 aliphatic carbocycles. The Balaban J connectivity index is 2.35. The maximum absolute atomic E-state index is 12.1. The molecular weight excluding hydrogens is 352 g/mol. The van der Waals surface area contributed by atoms with Crippen LogP contribution in [0, 0.1) is 0 Å². The summed E-state index contributed by atoms with van der Waals surface area (Å²) in [5, 5.41) is 7.94. The molecule has 0 aromatic carbocycles. The molecule has 27 heavy (non-hydrogen) atoms. The Morgan fingerprint density at radius 3 is 2.11 bits per heavy atom. The van der Waals surface area contributed by atoms with Gasteiger partial charge in [-0.05, 0) is 32.4 Å². The number of nitrogens with zero attached hydrogens (tertiary/aromatic N) is 1. The number of carbonyl (C=O) groups is 5. The van der Waals surface area contributed by atoms with Gasteiger partial charge in [-0.2, -0.15) is 0 Å². The molecule has 0 radical (unpaired) electrons. The van der Waals surface area contributed by atoms with Gasteiger partial charge in [0.15, 0.2) is 0 Å². The van der Waals surface area contributed by atoms with Crippen molar-refractivity contribution < 1.29 is 24.0 Å². The first kappa shape index (κ1) is 22.8. The summed E-state index contributed by atoms with van der Waals surface area (Å²) in [6, 6.07) is -1.39. The highest BCUT2D eigenvalue weighted by molar-refractivity contribution is 5.99. The molecule has 1 saturated heterocycles. The lowest BCUT2D eigenvalue weighted by atomic mass is 10.1. The summed E-state index contributed by atoms with van der Waals surface area (Å²) in [6.45, 7) is 4.21. The Morgan fingerprint density at radius 1 is 1.00 bits per heavy atom. The van der Waals surface area contributed by atoms with Crippen molar-refractivity contribution in [1.29, 1.82) is 0 Å². The van der Waals surface area contributed by atoms with Crippen molar-refractivity contribution >= 4 is 30.3 Å². The number of hydrogen-bond donors (Lipinski definition) is 3. The maximum Gasteiger partial charge on any atom is 0.243 e. The summed E-state index contributed by atoms with van der Waals surface area (Å²) in [5.74, 6) is -0.932. The standard InChI is InChI=1S/C18H30N4O5/c1-2-14-17(26)21-15(18(27)20-14)13-16(25)19-7-10-22(8-3-5-11-23)9-4-6-12-24/h11-12,14-15H,2-10,13H2,1H3,(H,19,25)(H,20,27)(H,21,26). The molecular formula is C18H30N4O5. The number of unbranched alkanes of at least 4 members (excludes halogenated alkanes) is 2. The summed E-state index contributed by atoms with van der Waals surface area (Å²) in [6.07, 6.45) is 4.55. The third-order valence-corrected chi connectivity index (χ3v) is 4.41. The average Bonchev–Trinajstić information content (AvgIpc) is 2.64. The van der Waals surface area contributed by atoms with Crippen molar-refractivity contribution in [3.63, 3.8) is 0 Å². The van der Waals surface area contributed by atoms with Gasteiger partial charge in [-0.15, -0.1) is 0 Å². The second-order valence-electron chi connectivity index (χ2n) is 6.54. The van der Waals surface area contributed by atoms with E-state index in [0.717, 1.165) is 25.4 Å². The van der Waals surface area contributed by atoms with Crippen molar-refractivity contribution in [2.75, 3.05) is 26.2 Å². The normalized spacial score (nSPS) is 19.3. The van der Waals surface area contributed by atoms with Crippen LogP contribution in [0.15, 0.2) is 0 Å². The molecule has 3 amide bonds. The van der Waals surface area contributed by atoms with Gasteiger partial charge in [0.1, 0.15) is 24.7 Å². The van der Waals surface area contributed by atoms with Crippen LogP contribution in [0.2, 0.25) is 0 Å². The number of carbonyl (C=O) groups excluding carboxylic acids is 5. The van der Waals surface area contributed by atoms with Gasteiger partial charge < -0.3 is 30.4 Å². The average molecular weight is 382 g/mol. The van der Waals surface area contributed by atoms with Crippen molar-refractivity contribution in [3.05, 3.63) is 0 Å². The highest BCUT2D eigenvalue weighted by Gasteiger charge is 2.33. The molecule has 0 spiro atoms. The maximum atomic E-state index is 12.1. The van der Waals surface area contributed by atoms with Gasteiger partial charge in [0.2, 0.25) is 17.7 Å². The second kappa shape index (κ2) is 13.0. The molecule has 1 aliphatic heterocycles. The fourth-order valence-corrected chi connectivity index (χ4v) is 2.85. The Kier molecular flexibility index (Phi) is 10.9. The third kappa shape index (κ3) is 8.76. The molecule has 9 heteroatoms. The van der Waals surface area contributed by atoms with E-state index in [4.69, 9.17) is 0 Å². The van der Waals surface area contributed by atoms with E-state index < -0.39 is 12.1 Å². The smallest absolute Gasteiger partial charge is 0.243 e. The molecule has 3 N–H and O–H groups in total. The fourth-order valence-electron chi connectivity index (χ4n) is 2.85. The quantitative estimate of drug-likeness (QED) is 0.265. The first-order chi connectivity index (χ1) is 13.0. The molecule has 0 aromatic rings. The zero-order valence-electron chi connectivity index (χ0n) is 15.9. The molecule has 2 atom stereocenters. The molecule has 0 saturated carbocycles. The Hall–Kier alpha value is -2.29. The van der Waals surface area contributed by atoms with Gasteiger partial charge in [0.05, 0.1) is 6.42 Å². The lowest BCUT2D eigenvalue weighted by molar-refractivity contribution is -0.138. The fraction of sp³-hybridized carbons (Fsp3) is 0.722. The second-order valence-corrected chi connectivity index (χ2v) is 6.54. The van der Waals surface area contributed by atoms with E-state index in [1.807, 2.05) is 0 Å². The molecule has 9 nitrogen and oxygen atoms in total. The van der Waals surface area contributed by atoms with E-state index in [-0.39, 0.29) is 24.1 Å². The van der Waals surface area contributed by atoms with Crippen LogP contribution in [0.25, 0.3) is 0 Å². The summed E-state index contributed by atoms with van der Waals surface area (Å²) in [4.78, 5) is 58.8. The molecule has 0 bridgehead atoms. The van der Waals surface area contributed by atoms with Gasteiger partial charge in [-0.1, -0.05) is 6.92 Å². The molecule has 1 rings (SSSR count). The van der Waals surface area contributed by atoms with E-state index in [2.05, 4.69) is 20.9 Å². The first-order valence-electron chi connectivity index (χ1n) is 9.48. The minimum atomic E-state index is -0.850. The van der Waals surface area contributed by atoms with E-state index in [1.54, 1.807) is 6.92 Å². The van der Waals surface area contributed by atoms with Crippen LogP contribution in [0.5, 0.6) is 0 Å². The SMILES string of the molecule is CCC1NC(=O)C(CC(=O)NCCN(CCCC=O)CCCC=O)NC1=O. The number of nitrogens with one attached hydrogen (secondary N) is 3. The van der Waals surface area contributed by atoms with Crippen LogP contribution in [0.3, 0.4) is 0 Å². The van der Waals surface area contributed by atoms with Gasteiger partial charge >= 0.3 is 0 Å². The summed E-state index contributed by atoms with van der Waals surface area (Å²) in [7, 11) is 0. The summed E-state index contributed by atoms with van der Waals surface area (Å²) in [5.41, 5.74) is 0. The summed E-state index contributed by atoms with van der Waals surface area (Å²) >= 11 is 0. The van der Waals surface area contributed by atoms with Crippen LogP contribution in [-0.2, 0) is 24.0 Å². The number of hydrogen-bond acceptors (Lipinski definition) is 6. The third-order valence-electron chi connectivity index (χ3n) is 4.41. The molecule has 1 fully saturated rings. The lowest BCUT2D eigenvalue weighted by Crippen LogP contribution is -2.62. The Labute approximate surface area is 159 Å². The monoisotopic (exact) mass is 382 g/mol. The zero-order chi connectivity index (χ0) is 20.1. The zero-order valence-corrected chi connectivity index (χ0v) is 15.9. The van der Waals surface area contributed by atoms with Crippen molar-refractivity contribution in [3.8, 4) is 0 Å². The van der Waals surface area contributed by atoms with E-state index >= 15 is 0 Å². The van der Waals surface area contributed by atoms with Crippen LogP contribution < -0.4 is 16.0 Å².